The first-order chi connectivity index (χ1) is 14.1. The molecule has 1 unspecified atom stereocenters. The molecule has 0 saturated heterocycles. The Kier molecular flexibility index (Phi) is 9.92. The number of nitrogens with one attached hydrogen (secondary N) is 2. The zero-order valence-corrected chi connectivity index (χ0v) is 19.5. The molecule has 2 rings (SSSR count). The molecule has 0 aliphatic rings. The van der Waals surface area contributed by atoms with Crippen molar-refractivity contribution in [3.8, 4) is 0 Å². The minimum absolute atomic E-state index is 0.140. The van der Waals surface area contributed by atoms with E-state index in [0.717, 1.165) is 61.4 Å². The number of hydrogen-bond acceptors (Lipinski definition) is 7. The van der Waals surface area contributed by atoms with E-state index < -0.39 is 8.80 Å². The van der Waals surface area contributed by atoms with Gasteiger partial charge in [0, 0.05) is 51.0 Å². The average Bonchev–Trinajstić information content (AvgIpc) is 3.37. The summed E-state index contributed by atoms with van der Waals surface area (Å²) in [5.74, 6) is 3.57. The van der Waals surface area contributed by atoms with Crippen LogP contribution >= 0.6 is 0 Å². The van der Waals surface area contributed by atoms with E-state index in [2.05, 4.69) is 37.3 Å². The first-order valence-electron chi connectivity index (χ1n) is 10.8. The first-order valence-corrected chi connectivity index (χ1v) is 12.8. The minimum atomic E-state index is -2.64. The Hall–Kier alpha value is -1.62. The summed E-state index contributed by atoms with van der Waals surface area (Å²) in [6.45, 7) is 11.8. The molecule has 0 aromatic carbocycles. The highest BCUT2D eigenvalue weighted by Crippen LogP contribution is 2.27. The molecule has 2 N–H and O–H groups in total. The summed E-state index contributed by atoms with van der Waals surface area (Å²) < 4.78 is 18.0. The van der Waals surface area contributed by atoms with Gasteiger partial charge < -0.3 is 13.3 Å². The van der Waals surface area contributed by atoms with Crippen molar-refractivity contribution < 1.29 is 13.3 Å². The molecule has 0 fully saturated rings. The topological polar surface area (TPSA) is 111 Å². The Morgan fingerprint density at radius 1 is 0.828 bits per heavy atom. The van der Waals surface area contributed by atoms with Crippen LogP contribution in [-0.4, -0.2) is 59.0 Å². The molecule has 2 aromatic rings. The number of rotatable bonds is 15. The molecule has 0 radical (unpaired) electrons. The van der Waals surface area contributed by atoms with Crippen molar-refractivity contribution in [3.05, 3.63) is 23.3 Å². The van der Waals surface area contributed by atoms with Crippen molar-refractivity contribution in [3.63, 3.8) is 0 Å². The Morgan fingerprint density at radius 2 is 1.48 bits per heavy atom. The smallest absolute Gasteiger partial charge is 0.374 e. The van der Waals surface area contributed by atoms with Crippen LogP contribution in [0.1, 0.15) is 76.7 Å². The van der Waals surface area contributed by atoms with Crippen LogP contribution in [0.4, 0.5) is 0 Å². The SMILES string of the molecule is CCO[Si](CCCC(Cc1nc(CC)n[nH]1)c1n[nH]c(CC)n1)(OCC)OCC. The second-order valence-corrected chi connectivity index (χ2v) is 9.55. The summed E-state index contributed by atoms with van der Waals surface area (Å²) in [4.78, 5) is 9.23. The van der Waals surface area contributed by atoms with Gasteiger partial charge in [0.05, 0.1) is 0 Å². The third-order valence-electron chi connectivity index (χ3n) is 4.71. The van der Waals surface area contributed by atoms with Gasteiger partial charge in [0.15, 0.2) is 5.82 Å². The fourth-order valence-electron chi connectivity index (χ4n) is 3.36. The highest BCUT2D eigenvalue weighted by atomic mass is 28.4. The normalized spacial score (nSPS) is 13.1. The maximum absolute atomic E-state index is 5.98. The fraction of sp³-hybridized carbons (Fsp3) is 0.789. The molecular formula is C19H36N6O3Si. The highest BCUT2D eigenvalue weighted by molar-refractivity contribution is 6.60. The van der Waals surface area contributed by atoms with E-state index >= 15 is 0 Å². The maximum atomic E-state index is 5.98. The fourth-order valence-corrected chi connectivity index (χ4v) is 6.00. The summed E-state index contributed by atoms with van der Waals surface area (Å²) >= 11 is 0. The zero-order chi connectivity index (χ0) is 21.1. The van der Waals surface area contributed by atoms with E-state index in [1.54, 1.807) is 0 Å². The summed E-state index contributed by atoms with van der Waals surface area (Å²) in [7, 11) is -2.64. The summed E-state index contributed by atoms with van der Waals surface area (Å²) in [5, 5.41) is 14.8. The molecule has 1 atom stereocenters. The number of nitrogens with zero attached hydrogens (tertiary/aromatic N) is 4. The number of aryl methyl sites for hydroxylation is 2. The van der Waals surface area contributed by atoms with Crippen molar-refractivity contribution >= 4 is 8.80 Å². The van der Waals surface area contributed by atoms with E-state index in [9.17, 15) is 0 Å². The summed E-state index contributed by atoms with van der Waals surface area (Å²) in [5.41, 5.74) is 0. The molecule has 9 nitrogen and oxygen atoms in total. The van der Waals surface area contributed by atoms with Crippen LogP contribution in [0.15, 0.2) is 0 Å². The second kappa shape index (κ2) is 12.2. The van der Waals surface area contributed by atoms with E-state index in [1.165, 1.54) is 0 Å². The summed E-state index contributed by atoms with van der Waals surface area (Å²) in [6, 6.07) is 0.778. The lowest BCUT2D eigenvalue weighted by molar-refractivity contribution is 0.0705. The van der Waals surface area contributed by atoms with Crippen molar-refractivity contribution in [1.82, 2.24) is 30.4 Å². The van der Waals surface area contributed by atoms with Gasteiger partial charge >= 0.3 is 8.80 Å². The largest absolute Gasteiger partial charge is 0.500 e. The van der Waals surface area contributed by atoms with Crippen LogP contribution in [0, 0.1) is 0 Å². The molecular weight excluding hydrogens is 388 g/mol. The van der Waals surface area contributed by atoms with E-state index in [-0.39, 0.29) is 5.92 Å². The van der Waals surface area contributed by atoms with Gasteiger partial charge in [-0.15, -0.1) is 0 Å². The third kappa shape index (κ3) is 6.98. The quantitative estimate of drug-likeness (QED) is 0.422. The maximum Gasteiger partial charge on any atom is 0.500 e. The van der Waals surface area contributed by atoms with Crippen LogP contribution in [0.5, 0.6) is 0 Å². The second-order valence-electron chi connectivity index (χ2n) is 6.82. The molecule has 164 valence electrons. The van der Waals surface area contributed by atoms with Crippen LogP contribution in [0.3, 0.4) is 0 Å². The van der Waals surface area contributed by atoms with Gasteiger partial charge in [0.2, 0.25) is 0 Å². The molecule has 0 saturated carbocycles. The molecule has 10 heteroatoms. The molecule has 0 aliphatic heterocycles. The number of H-pyrrole nitrogens is 2. The van der Waals surface area contributed by atoms with Gasteiger partial charge in [-0.3, -0.25) is 10.2 Å². The Balaban J connectivity index is 2.09. The van der Waals surface area contributed by atoms with Crippen LogP contribution in [-0.2, 0) is 32.5 Å². The third-order valence-corrected chi connectivity index (χ3v) is 7.86. The lowest BCUT2D eigenvalue weighted by atomic mass is 9.98. The highest BCUT2D eigenvalue weighted by Gasteiger charge is 2.40. The van der Waals surface area contributed by atoms with E-state index in [1.807, 2.05) is 27.7 Å². The Labute approximate surface area is 174 Å². The standard InChI is InChI=1S/C19H36N6O3Si/c1-6-16-20-18(24-22-16)14-15(19-21-17(7-2)23-25-19)12-11-13-29(26-8-3,27-9-4)28-10-5/h15H,6-14H2,1-5H3,(H,20,22,24)(H,21,23,25). The monoisotopic (exact) mass is 424 g/mol. The van der Waals surface area contributed by atoms with Crippen molar-refractivity contribution in [1.29, 1.82) is 0 Å². The van der Waals surface area contributed by atoms with E-state index in [4.69, 9.17) is 13.3 Å². The molecule has 2 heterocycles. The van der Waals surface area contributed by atoms with E-state index in [0.29, 0.717) is 19.8 Å². The number of aromatic amines is 2. The molecule has 2 aromatic heterocycles. The van der Waals surface area contributed by atoms with Gasteiger partial charge in [0.25, 0.3) is 0 Å². The van der Waals surface area contributed by atoms with Crippen LogP contribution < -0.4 is 0 Å². The average molecular weight is 425 g/mol. The summed E-state index contributed by atoms with van der Waals surface area (Å²) in [6.07, 6.45) is 4.16. The van der Waals surface area contributed by atoms with Crippen molar-refractivity contribution in [2.45, 2.75) is 78.7 Å². The number of hydrogen-bond donors (Lipinski definition) is 2. The molecule has 0 amide bonds. The zero-order valence-electron chi connectivity index (χ0n) is 18.5. The van der Waals surface area contributed by atoms with Crippen LogP contribution in [0.2, 0.25) is 6.04 Å². The Bertz CT molecular complexity index is 691. The van der Waals surface area contributed by atoms with Gasteiger partial charge in [-0.1, -0.05) is 13.8 Å². The predicted octanol–water partition coefficient (Wildman–Crippen LogP) is 3.20. The van der Waals surface area contributed by atoms with Gasteiger partial charge in [0.1, 0.15) is 17.5 Å². The predicted molar refractivity (Wildman–Crippen MR) is 113 cm³/mol. The first kappa shape index (κ1) is 23.7. The van der Waals surface area contributed by atoms with Crippen molar-refractivity contribution in [2.75, 3.05) is 19.8 Å². The lowest BCUT2D eigenvalue weighted by Crippen LogP contribution is -2.46. The van der Waals surface area contributed by atoms with Crippen LogP contribution in [0.25, 0.3) is 0 Å². The van der Waals surface area contributed by atoms with Gasteiger partial charge in [-0.2, -0.15) is 10.2 Å². The van der Waals surface area contributed by atoms with Crippen molar-refractivity contribution in [2.24, 2.45) is 0 Å². The Morgan fingerprint density at radius 3 is 2.00 bits per heavy atom. The molecule has 0 spiro atoms. The minimum Gasteiger partial charge on any atom is -0.374 e. The molecule has 0 bridgehead atoms. The molecule has 0 aliphatic carbocycles. The number of aromatic nitrogens is 6. The van der Waals surface area contributed by atoms with Gasteiger partial charge in [-0.25, -0.2) is 9.97 Å². The van der Waals surface area contributed by atoms with Gasteiger partial charge in [-0.05, 0) is 33.6 Å². The molecule has 29 heavy (non-hydrogen) atoms. The lowest BCUT2D eigenvalue weighted by Gasteiger charge is -2.28.